The number of rotatable bonds is 10. The van der Waals surface area contributed by atoms with Crippen LogP contribution < -0.4 is 20.7 Å². The summed E-state index contributed by atoms with van der Waals surface area (Å²) in [6.07, 6.45) is 0.214. The van der Waals surface area contributed by atoms with Gasteiger partial charge < -0.3 is 20.4 Å². The van der Waals surface area contributed by atoms with Crippen molar-refractivity contribution in [2.45, 2.75) is 38.0 Å². The zero-order valence-electron chi connectivity index (χ0n) is 19.0. The largest absolute Gasteiger partial charge is 0.507 e. The lowest BCUT2D eigenvalue weighted by Crippen LogP contribution is -2.31. The van der Waals surface area contributed by atoms with Crippen LogP contribution in [0.4, 0.5) is 0 Å². The summed E-state index contributed by atoms with van der Waals surface area (Å²) < 4.78 is 33.4. The summed E-state index contributed by atoms with van der Waals surface area (Å²) >= 11 is 0. The van der Waals surface area contributed by atoms with Crippen molar-refractivity contribution in [3.63, 3.8) is 0 Å². The molecular weight excluding hydrogens is 464 g/mol. The van der Waals surface area contributed by atoms with Gasteiger partial charge in [0.25, 0.3) is 5.91 Å². The van der Waals surface area contributed by atoms with E-state index in [1.807, 2.05) is 25.4 Å². The monoisotopic (exact) mass is 492 g/mol. The number of nitrogen functional groups attached to an aromatic ring is 1. The molecule has 34 heavy (non-hydrogen) atoms. The predicted octanol–water partition coefficient (Wildman–Crippen LogP) is 1.29. The molecule has 0 spiro atoms. The number of amides is 1. The number of ether oxygens (including phenoxy) is 1. The molecule has 0 aliphatic heterocycles. The second-order valence-corrected chi connectivity index (χ2v) is 9.41. The standard InChI is InChI=1S/C22H28N4O7S/c1-13(2)16-5-4-15(19(10-16)32-12-21(29)26-33-14(3)27)8-9-25-34(30,31)20-11-17(22(23)24)6-7-18(20)28/h4-7,10-11,13,25,28H,8-9,12H2,1-3H3,(H3,23,24)(H,26,29). The Morgan fingerprint density at radius 1 is 1.18 bits per heavy atom. The zero-order chi connectivity index (χ0) is 25.5. The number of aromatic hydroxyl groups is 1. The Hall–Kier alpha value is -3.64. The molecule has 0 aliphatic rings. The molecule has 0 unspecified atom stereocenters. The van der Waals surface area contributed by atoms with Crippen LogP contribution in [0.25, 0.3) is 0 Å². The van der Waals surface area contributed by atoms with Gasteiger partial charge in [-0.3, -0.25) is 15.0 Å². The maximum absolute atomic E-state index is 12.7. The Morgan fingerprint density at radius 3 is 2.50 bits per heavy atom. The van der Waals surface area contributed by atoms with Crippen LogP contribution in [-0.4, -0.2) is 44.4 Å². The number of phenolic OH excluding ortho intramolecular Hbond substituents is 1. The Balaban J connectivity index is 2.14. The van der Waals surface area contributed by atoms with Crippen molar-refractivity contribution in [1.82, 2.24) is 10.2 Å². The number of benzene rings is 2. The van der Waals surface area contributed by atoms with Crippen molar-refractivity contribution >= 4 is 27.7 Å². The zero-order valence-corrected chi connectivity index (χ0v) is 19.9. The van der Waals surface area contributed by atoms with Crippen LogP contribution in [0.3, 0.4) is 0 Å². The first-order valence-electron chi connectivity index (χ1n) is 10.3. The molecule has 1 amide bonds. The van der Waals surface area contributed by atoms with Gasteiger partial charge in [0, 0.05) is 19.0 Å². The molecule has 2 aromatic carbocycles. The van der Waals surface area contributed by atoms with Crippen LogP contribution in [0.2, 0.25) is 0 Å². The molecule has 0 saturated heterocycles. The lowest BCUT2D eigenvalue weighted by molar-refractivity contribution is -0.156. The van der Waals surface area contributed by atoms with E-state index in [9.17, 15) is 23.1 Å². The minimum absolute atomic E-state index is 0.0386. The fourth-order valence-corrected chi connectivity index (χ4v) is 4.02. The first-order valence-corrected chi connectivity index (χ1v) is 11.8. The molecule has 6 N–H and O–H groups in total. The van der Waals surface area contributed by atoms with E-state index in [1.165, 1.54) is 6.07 Å². The van der Waals surface area contributed by atoms with Gasteiger partial charge in [0.15, 0.2) is 6.61 Å². The van der Waals surface area contributed by atoms with Gasteiger partial charge in [-0.1, -0.05) is 26.0 Å². The quantitative estimate of drug-likeness (QED) is 0.187. The average molecular weight is 493 g/mol. The first-order chi connectivity index (χ1) is 15.9. The SMILES string of the molecule is CC(=O)ONC(=O)COc1cc(C(C)C)ccc1CCNS(=O)(=O)c1cc(C(=N)N)ccc1O. The predicted molar refractivity (Wildman–Crippen MR) is 124 cm³/mol. The van der Waals surface area contributed by atoms with Crippen LogP contribution in [-0.2, 0) is 30.9 Å². The lowest BCUT2D eigenvalue weighted by atomic mass is 10.00. The van der Waals surface area contributed by atoms with Crippen molar-refractivity contribution in [3.05, 3.63) is 53.1 Å². The second-order valence-electron chi connectivity index (χ2n) is 7.67. The number of nitrogens with two attached hydrogens (primary N) is 1. The van der Waals surface area contributed by atoms with Gasteiger partial charge in [0.2, 0.25) is 10.0 Å². The van der Waals surface area contributed by atoms with Crippen LogP contribution in [0, 0.1) is 5.41 Å². The van der Waals surface area contributed by atoms with Crippen LogP contribution in [0.15, 0.2) is 41.3 Å². The number of carbonyl (C=O) groups excluding carboxylic acids is 2. The van der Waals surface area contributed by atoms with Crippen molar-refractivity contribution in [2.75, 3.05) is 13.2 Å². The highest BCUT2D eigenvalue weighted by molar-refractivity contribution is 7.89. The minimum Gasteiger partial charge on any atom is -0.507 e. The van der Waals surface area contributed by atoms with Gasteiger partial charge in [-0.25, -0.2) is 13.1 Å². The lowest BCUT2D eigenvalue weighted by Gasteiger charge is -2.15. The molecule has 2 rings (SSSR count). The molecule has 11 nitrogen and oxygen atoms in total. The van der Waals surface area contributed by atoms with Gasteiger partial charge in [-0.05, 0) is 47.7 Å². The molecule has 0 aromatic heterocycles. The Labute approximate surface area is 197 Å². The summed E-state index contributed by atoms with van der Waals surface area (Å²) in [6.45, 7) is 4.66. The first kappa shape index (κ1) is 26.6. The third-order valence-corrected chi connectivity index (χ3v) is 6.16. The normalized spacial score (nSPS) is 11.2. The topological polar surface area (TPSA) is 181 Å². The summed E-state index contributed by atoms with van der Waals surface area (Å²) in [4.78, 5) is 26.6. The van der Waals surface area contributed by atoms with Gasteiger partial charge in [0.1, 0.15) is 22.2 Å². The van der Waals surface area contributed by atoms with Crippen LogP contribution >= 0.6 is 0 Å². The van der Waals surface area contributed by atoms with Gasteiger partial charge in [-0.15, -0.1) is 0 Å². The van der Waals surface area contributed by atoms with E-state index in [0.717, 1.165) is 24.6 Å². The van der Waals surface area contributed by atoms with Crippen LogP contribution in [0.5, 0.6) is 11.5 Å². The second kappa shape index (κ2) is 11.5. The van der Waals surface area contributed by atoms with Gasteiger partial charge in [-0.2, -0.15) is 5.48 Å². The highest BCUT2D eigenvalue weighted by atomic mass is 32.2. The van der Waals surface area contributed by atoms with E-state index in [-0.39, 0.29) is 30.3 Å². The average Bonchev–Trinajstić information content (AvgIpc) is 2.76. The molecule has 0 radical (unpaired) electrons. The summed E-state index contributed by atoms with van der Waals surface area (Å²) in [5.74, 6) is -1.59. The molecule has 0 heterocycles. The van der Waals surface area contributed by atoms with E-state index < -0.39 is 39.2 Å². The maximum atomic E-state index is 12.7. The van der Waals surface area contributed by atoms with Gasteiger partial charge >= 0.3 is 5.97 Å². The third-order valence-electron chi connectivity index (χ3n) is 4.67. The van der Waals surface area contributed by atoms with Crippen molar-refractivity contribution < 1.29 is 32.7 Å². The molecule has 0 fully saturated rings. The van der Waals surface area contributed by atoms with E-state index >= 15 is 0 Å². The summed E-state index contributed by atoms with van der Waals surface area (Å²) in [7, 11) is -4.10. The number of hydrogen-bond donors (Lipinski definition) is 5. The third kappa shape index (κ3) is 7.46. The number of phenols is 1. The minimum atomic E-state index is -4.10. The van der Waals surface area contributed by atoms with Crippen molar-refractivity contribution in [2.24, 2.45) is 5.73 Å². The Morgan fingerprint density at radius 2 is 1.88 bits per heavy atom. The van der Waals surface area contributed by atoms with E-state index in [1.54, 1.807) is 12.1 Å². The molecular formula is C22H28N4O7S. The molecule has 0 bridgehead atoms. The van der Waals surface area contributed by atoms with E-state index in [2.05, 4.69) is 9.56 Å². The summed E-state index contributed by atoms with van der Waals surface area (Å²) in [5.41, 5.74) is 9.10. The van der Waals surface area contributed by atoms with E-state index in [0.29, 0.717) is 11.3 Å². The number of sulfonamides is 1. The fraction of sp³-hybridized carbons (Fsp3) is 0.318. The molecule has 0 atom stereocenters. The molecule has 0 aliphatic carbocycles. The Bertz CT molecular complexity index is 1180. The molecule has 0 saturated carbocycles. The number of hydroxylamine groups is 1. The number of nitrogens with one attached hydrogen (secondary N) is 3. The van der Waals surface area contributed by atoms with Crippen molar-refractivity contribution in [1.29, 1.82) is 5.41 Å². The number of carbonyl (C=O) groups is 2. The maximum Gasteiger partial charge on any atom is 0.329 e. The van der Waals surface area contributed by atoms with Crippen molar-refractivity contribution in [3.8, 4) is 11.5 Å². The van der Waals surface area contributed by atoms with Gasteiger partial charge in [0.05, 0.1) is 0 Å². The number of amidine groups is 1. The van der Waals surface area contributed by atoms with Crippen LogP contribution in [0.1, 0.15) is 43.4 Å². The smallest absolute Gasteiger partial charge is 0.329 e. The summed E-state index contributed by atoms with van der Waals surface area (Å²) in [5, 5.41) is 17.4. The van der Waals surface area contributed by atoms with E-state index in [4.69, 9.17) is 15.9 Å². The molecule has 12 heteroatoms. The Kier molecular flexibility index (Phi) is 8.98. The highest BCUT2D eigenvalue weighted by Gasteiger charge is 2.20. The highest BCUT2D eigenvalue weighted by Crippen LogP contribution is 2.26. The number of hydrogen-bond acceptors (Lipinski definition) is 8. The fourth-order valence-electron chi connectivity index (χ4n) is 2.87. The molecule has 184 valence electrons. The summed E-state index contributed by atoms with van der Waals surface area (Å²) in [6, 6.07) is 9.03. The molecule has 2 aromatic rings.